The van der Waals surface area contributed by atoms with Gasteiger partial charge in [0, 0.05) is 28.9 Å². The second-order valence-corrected chi connectivity index (χ2v) is 11.5. The van der Waals surface area contributed by atoms with E-state index in [2.05, 4.69) is 10.3 Å². The van der Waals surface area contributed by atoms with E-state index in [0.29, 0.717) is 41.0 Å². The number of hydrogen-bond acceptors (Lipinski definition) is 6. The number of carbonyl (C=O) groups is 1. The van der Waals surface area contributed by atoms with E-state index in [1.807, 2.05) is 37.4 Å². The van der Waals surface area contributed by atoms with Gasteiger partial charge in [0.1, 0.15) is 0 Å². The summed E-state index contributed by atoms with van der Waals surface area (Å²) in [5, 5.41) is 4.09. The van der Waals surface area contributed by atoms with Crippen LogP contribution in [0.1, 0.15) is 18.4 Å². The van der Waals surface area contributed by atoms with E-state index in [4.69, 9.17) is 11.6 Å². The molecule has 0 saturated carbocycles. The zero-order valence-electron chi connectivity index (χ0n) is 17.1. The van der Waals surface area contributed by atoms with E-state index in [1.54, 1.807) is 12.1 Å². The molecule has 6 nitrogen and oxygen atoms in total. The van der Waals surface area contributed by atoms with Crippen LogP contribution in [0.4, 0.5) is 5.13 Å². The Bertz CT molecular complexity index is 1240. The maximum absolute atomic E-state index is 13.1. The van der Waals surface area contributed by atoms with Crippen LogP contribution < -0.4 is 5.32 Å². The second kappa shape index (κ2) is 9.07. The molecule has 0 unspecified atom stereocenters. The fourth-order valence-corrected chi connectivity index (χ4v) is 7.36. The van der Waals surface area contributed by atoms with Crippen molar-refractivity contribution < 1.29 is 13.2 Å². The van der Waals surface area contributed by atoms with Crippen LogP contribution in [0.5, 0.6) is 0 Å². The molecule has 1 saturated heterocycles. The topological polar surface area (TPSA) is 79.4 Å². The molecule has 0 atom stereocenters. The van der Waals surface area contributed by atoms with E-state index >= 15 is 0 Å². The van der Waals surface area contributed by atoms with Gasteiger partial charge in [0.05, 0.1) is 15.1 Å². The fourth-order valence-electron chi connectivity index (χ4n) is 3.69. The Morgan fingerprint density at radius 2 is 1.94 bits per heavy atom. The molecule has 2 heterocycles. The van der Waals surface area contributed by atoms with Crippen molar-refractivity contribution >= 4 is 66.0 Å². The number of fused-ring (bicyclic) bond motifs is 1. The van der Waals surface area contributed by atoms with E-state index in [9.17, 15) is 13.2 Å². The summed E-state index contributed by atoms with van der Waals surface area (Å²) in [7, 11) is -3.58. The zero-order chi connectivity index (χ0) is 22.2. The van der Waals surface area contributed by atoms with Crippen molar-refractivity contribution in [2.75, 3.05) is 24.7 Å². The van der Waals surface area contributed by atoms with E-state index in [1.165, 1.54) is 27.4 Å². The molecule has 10 heteroatoms. The molecule has 1 fully saturated rings. The Labute approximate surface area is 195 Å². The van der Waals surface area contributed by atoms with Crippen LogP contribution in [-0.4, -0.2) is 43.0 Å². The molecular weight excluding hydrogens is 474 g/mol. The summed E-state index contributed by atoms with van der Waals surface area (Å²) in [4.78, 5) is 18.4. The van der Waals surface area contributed by atoms with Gasteiger partial charge in [0.2, 0.25) is 15.9 Å². The summed E-state index contributed by atoms with van der Waals surface area (Å²) in [6.07, 6.45) is 2.81. The van der Waals surface area contributed by atoms with Crippen molar-refractivity contribution in [2.24, 2.45) is 5.92 Å². The third-order valence-electron chi connectivity index (χ3n) is 5.49. The Balaban J connectivity index is 1.43. The van der Waals surface area contributed by atoms with Gasteiger partial charge in [-0.2, -0.15) is 4.31 Å². The third-order valence-corrected chi connectivity index (χ3v) is 9.72. The van der Waals surface area contributed by atoms with Gasteiger partial charge >= 0.3 is 0 Å². The number of anilines is 1. The maximum atomic E-state index is 13.1. The second-order valence-electron chi connectivity index (χ2n) is 7.36. The van der Waals surface area contributed by atoms with Crippen molar-refractivity contribution in [1.29, 1.82) is 0 Å². The number of carbonyl (C=O) groups excluding carboxylic acids is 1. The monoisotopic (exact) mass is 495 g/mol. The average Bonchev–Trinajstić information content (AvgIpc) is 3.19. The number of thioether (sulfide) groups is 1. The molecule has 1 aliphatic heterocycles. The standard InChI is InChI=1S/C21H22ClN3O3S3/c1-13-15(22)7-8-17-19(13)23-21(30-17)24-20(26)14-9-11-25(12-10-14)31(27,28)18-6-4-3-5-16(18)29-2/h3-8,14H,9-12H2,1-2H3,(H,23,24,26). The van der Waals surface area contributed by atoms with Crippen LogP contribution in [-0.2, 0) is 14.8 Å². The Morgan fingerprint density at radius 1 is 1.23 bits per heavy atom. The largest absolute Gasteiger partial charge is 0.302 e. The predicted octanol–water partition coefficient (Wildman–Crippen LogP) is 5.02. The van der Waals surface area contributed by atoms with Crippen LogP contribution >= 0.6 is 34.7 Å². The molecular formula is C21H22ClN3O3S3. The molecule has 1 aliphatic rings. The molecule has 31 heavy (non-hydrogen) atoms. The van der Waals surface area contributed by atoms with Gasteiger partial charge in [0.25, 0.3) is 0 Å². The molecule has 1 N–H and O–H groups in total. The minimum absolute atomic E-state index is 0.121. The molecule has 0 aliphatic carbocycles. The van der Waals surface area contributed by atoms with E-state index in [-0.39, 0.29) is 11.8 Å². The van der Waals surface area contributed by atoms with Crippen molar-refractivity contribution in [3.05, 3.63) is 47.0 Å². The van der Waals surface area contributed by atoms with Gasteiger partial charge in [-0.3, -0.25) is 4.79 Å². The first kappa shape index (κ1) is 22.5. The first-order chi connectivity index (χ1) is 14.8. The molecule has 1 aromatic heterocycles. The van der Waals surface area contributed by atoms with Gasteiger partial charge in [-0.25, -0.2) is 13.4 Å². The number of sulfonamides is 1. The average molecular weight is 496 g/mol. The Hall–Kier alpha value is -1.65. The normalized spacial score (nSPS) is 16.0. The van der Waals surface area contributed by atoms with Crippen molar-refractivity contribution in [3.63, 3.8) is 0 Å². The van der Waals surface area contributed by atoms with Crippen LogP contribution in [0, 0.1) is 12.8 Å². The molecule has 0 radical (unpaired) electrons. The number of amides is 1. The van der Waals surface area contributed by atoms with Crippen molar-refractivity contribution in [2.45, 2.75) is 29.6 Å². The summed E-state index contributed by atoms with van der Waals surface area (Å²) >= 11 is 8.98. The van der Waals surface area contributed by atoms with Gasteiger partial charge in [-0.05, 0) is 55.9 Å². The molecule has 0 bridgehead atoms. The molecule has 3 aromatic rings. The minimum Gasteiger partial charge on any atom is -0.302 e. The van der Waals surface area contributed by atoms with Crippen molar-refractivity contribution in [3.8, 4) is 0 Å². The number of hydrogen-bond donors (Lipinski definition) is 1. The molecule has 0 spiro atoms. The molecule has 1 amide bonds. The van der Waals surface area contributed by atoms with Crippen LogP contribution in [0.3, 0.4) is 0 Å². The van der Waals surface area contributed by atoms with Gasteiger partial charge in [0.15, 0.2) is 5.13 Å². The zero-order valence-corrected chi connectivity index (χ0v) is 20.3. The third kappa shape index (κ3) is 4.47. The highest BCUT2D eigenvalue weighted by molar-refractivity contribution is 7.99. The van der Waals surface area contributed by atoms with Gasteiger partial charge < -0.3 is 5.32 Å². The first-order valence-electron chi connectivity index (χ1n) is 9.81. The summed E-state index contributed by atoms with van der Waals surface area (Å²) in [6, 6.07) is 10.7. The lowest BCUT2D eigenvalue weighted by Crippen LogP contribution is -2.41. The minimum atomic E-state index is -3.58. The molecule has 2 aromatic carbocycles. The summed E-state index contributed by atoms with van der Waals surface area (Å²) < 4.78 is 28.6. The van der Waals surface area contributed by atoms with Gasteiger partial charge in [-0.15, -0.1) is 11.8 Å². The summed E-state index contributed by atoms with van der Waals surface area (Å²) in [5.41, 5.74) is 1.68. The number of aryl methyl sites for hydroxylation is 1. The highest BCUT2D eigenvalue weighted by Crippen LogP contribution is 2.33. The van der Waals surface area contributed by atoms with Gasteiger partial charge in [-0.1, -0.05) is 35.1 Å². The highest BCUT2D eigenvalue weighted by atomic mass is 35.5. The number of rotatable bonds is 5. The molecule has 164 valence electrons. The maximum Gasteiger partial charge on any atom is 0.244 e. The predicted molar refractivity (Wildman–Crippen MR) is 128 cm³/mol. The number of aromatic nitrogens is 1. The SMILES string of the molecule is CSc1ccccc1S(=O)(=O)N1CCC(C(=O)Nc2nc3c(C)c(Cl)ccc3s2)CC1. The Morgan fingerprint density at radius 3 is 2.65 bits per heavy atom. The number of piperidine rings is 1. The summed E-state index contributed by atoms with van der Waals surface area (Å²) in [5.74, 6) is -0.372. The lowest BCUT2D eigenvalue weighted by Gasteiger charge is -2.30. The van der Waals surface area contributed by atoms with Crippen LogP contribution in [0.25, 0.3) is 10.2 Å². The number of benzene rings is 2. The lowest BCUT2D eigenvalue weighted by atomic mass is 9.97. The number of nitrogens with zero attached hydrogens (tertiary/aromatic N) is 2. The van der Waals surface area contributed by atoms with Crippen LogP contribution in [0.15, 0.2) is 46.2 Å². The number of halogens is 1. The quantitative estimate of drug-likeness (QED) is 0.503. The smallest absolute Gasteiger partial charge is 0.244 e. The number of thiazole rings is 1. The first-order valence-corrected chi connectivity index (χ1v) is 13.7. The molecule has 4 rings (SSSR count). The van der Waals surface area contributed by atoms with E-state index < -0.39 is 10.0 Å². The van der Waals surface area contributed by atoms with E-state index in [0.717, 1.165) is 20.7 Å². The Kier molecular flexibility index (Phi) is 6.60. The fraction of sp³-hybridized carbons (Fsp3) is 0.333. The lowest BCUT2D eigenvalue weighted by molar-refractivity contribution is -0.120. The van der Waals surface area contributed by atoms with Crippen molar-refractivity contribution in [1.82, 2.24) is 9.29 Å². The number of nitrogens with one attached hydrogen (secondary N) is 1. The highest BCUT2D eigenvalue weighted by Gasteiger charge is 2.33. The van der Waals surface area contributed by atoms with Crippen LogP contribution in [0.2, 0.25) is 5.02 Å². The summed E-state index contributed by atoms with van der Waals surface area (Å²) in [6.45, 7) is 2.54.